The van der Waals surface area contributed by atoms with Crippen molar-refractivity contribution in [2.75, 3.05) is 19.0 Å². The first-order valence-electron chi connectivity index (χ1n) is 5.27. The van der Waals surface area contributed by atoms with Crippen molar-refractivity contribution in [3.63, 3.8) is 0 Å². The second kappa shape index (κ2) is 3.91. The normalized spacial score (nSPS) is 19.7. The molecular weight excluding hydrogens is 174 g/mol. The summed E-state index contributed by atoms with van der Waals surface area (Å²) in [6.07, 6.45) is 2.44. The highest BCUT2D eigenvalue weighted by Crippen LogP contribution is 2.39. The van der Waals surface area contributed by atoms with E-state index in [-0.39, 0.29) is 0 Å². The zero-order valence-corrected chi connectivity index (χ0v) is 8.84. The Morgan fingerprint density at radius 1 is 1.50 bits per heavy atom. The minimum Gasteiger partial charge on any atom is -0.495 e. The van der Waals surface area contributed by atoms with E-state index in [1.807, 2.05) is 6.07 Å². The van der Waals surface area contributed by atoms with Crippen molar-refractivity contribution in [1.29, 1.82) is 0 Å². The van der Waals surface area contributed by atoms with E-state index in [0.29, 0.717) is 5.92 Å². The maximum absolute atomic E-state index is 5.34. The zero-order valence-electron chi connectivity index (χ0n) is 8.84. The number of ether oxygens (including phenoxy) is 1. The maximum atomic E-state index is 5.34. The summed E-state index contributed by atoms with van der Waals surface area (Å²) < 4.78 is 5.34. The van der Waals surface area contributed by atoms with E-state index in [0.717, 1.165) is 12.3 Å². The molecule has 0 radical (unpaired) electrons. The van der Waals surface area contributed by atoms with E-state index in [2.05, 4.69) is 24.4 Å². The molecule has 0 spiro atoms. The van der Waals surface area contributed by atoms with E-state index < -0.39 is 0 Å². The Kier molecular flexibility index (Phi) is 2.62. The number of anilines is 1. The highest BCUT2D eigenvalue weighted by Gasteiger charge is 2.20. The SMILES string of the molecule is CCC1CCNc2c(OC)cccc21. The Bertz CT molecular complexity index is 322. The van der Waals surface area contributed by atoms with Gasteiger partial charge in [-0.3, -0.25) is 0 Å². The van der Waals surface area contributed by atoms with Gasteiger partial charge in [0, 0.05) is 6.54 Å². The van der Waals surface area contributed by atoms with Gasteiger partial charge in [0.15, 0.2) is 0 Å². The van der Waals surface area contributed by atoms with Crippen LogP contribution in [0, 0.1) is 0 Å². The molecule has 0 saturated heterocycles. The molecule has 1 N–H and O–H groups in total. The Morgan fingerprint density at radius 3 is 3.07 bits per heavy atom. The predicted molar refractivity (Wildman–Crippen MR) is 59.1 cm³/mol. The molecule has 2 nitrogen and oxygen atoms in total. The Labute approximate surface area is 85.3 Å². The van der Waals surface area contributed by atoms with Crippen LogP contribution in [0.1, 0.15) is 31.2 Å². The number of methoxy groups -OCH3 is 1. The van der Waals surface area contributed by atoms with Crippen LogP contribution in [-0.4, -0.2) is 13.7 Å². The van der Waals surface area contributed by atoms with Gasteiger partial charge in [0.1, 0.15) is 5.75 Å². The molecule has 1 atom stereocenters. The molecule has 0 aliphatic carbocycles. The lowest BCUT2D eigenvalue weighted by Crippen LogP contribution is -2.16. The third kappa shape index (κ3) is 1.45. The lowest BCUT2D eigenvalue weighted by molar-refractivity contribution is 0.414. The minimum atomic E-state index is 0.696. The molecule has 76 valence electrons. The fourth-order valence-corrected chi connectivity index (χ4v) is 2.20. The minimum absolute atomic E-state index is 0.696. The monoisotopic (exact) mass is 191 g/mol. The van der Waals surface area contributed by atoms with Crippen molar-refractivity contribution < 1.29 is 4.74 Å². The van der Waals surface area contributed by atoms with E-state index in [4.69, 9.17) is 4.74 Å². The number of rotatable bonds is 2. The highest BCUT2D eigenvalue weighted by molar-refractivity contribution is 5.64. The maximum Gasteiger partial charge on any atom is 0.142 e. The van der Waals surface area contributed by atoms with E-state index in [1.165, 1.54) is 24.1 Å². The molecule has 1 unspecified atom stereocenters. The van der Waals surface area contributed by atoms with Crippen LogP contribution in [0.15, 0.2) is 18.2 Å². The van der Waals surface area contributed by atoms with Gasteiger partial charge in [-0.25, -0.2) is 0 Å². The standard InChI is InChI=1S/C12H17NO/c1-3-9-7-8-13-12-10(9)5-4-6-11(12)14-2/h4-6,9,13H,3,7-8H2,1-2H3. The molecule has 0 amide bonds. The van der Waals surface area contributed by atoms with E-state index >= 15 is 0 Å². The van der Waals surface area contributed by atoms with Crippen molar-refractivity contribution >= 4 is 5.69 Å². The van der Waals surface area contributed by atoms with Gasteiger partial charge in [-0.1, -0.05) is 19.1 Å². The van der Waals surface area contributed by atoms with E-state index in [9.17, 15) is 0 Å². The fraction of sp³-hybridized carbons (Fsp3) is 0.500. The van der Waals surface area contributed by atoms with Crippen molar-refractivity contribution in [1.82, 2.24) is 0 Å². The number of hydrogen-bond donors (Lipinski definition) is 1. The Hall–Kier alpha value is -1.18. The molecule has 0 bridgehead atoms. The van der Waals surface area contributed by atoms with Crippen molar-refractivity contribution in [2.24, 2.45) is 0 Å². The van der Waals surface area contributed by atoms with Gasteiger partial charge in [0.2, 0.25) is 0 Å². The molecule has 1 heterocycles. The van der Waals surface area contributed by atoms with Crippen LogP contribution < -0.4 is 10.1 Å². The number of benzene rings is 1. The summed E-state index contributed by atoms with van der Waals surface area (Å²) in [5.74, 6) is 1.67. The van der Waals surface area contributed by atoms with Gasteiger partial charge in [-0.05, 0) is 30.4 Å². The molecule has 14 heavy (non-hydrogen) atoms. The van der Waals surface area contributed by atoms with Crippen molar-refractivity contribution in [3.05, 3.63) is 23.8 Å². The van der Waals surface area contributed by atoms with Crippen molar-refractivity contribution in [3.8, 4) is 5.75 Å². The molecule has 2 heteroatoms. The molecular formula is C12H17NO. The van der Waals surface area contributed by atoms with Gasteiger partial charge in [0.05, 0.1) is 12.8 Å². The third-order valence-corrected chi connectivity index (χ3v) is 3.01. The summed E-state index contributed by atoms with van der Waals surface area (Å²) >= 11 is 0. The topological polar surface area (TPSA) is 21.3 Å². The number of hydrogen-bond acceptors (Lipinski definition) is 2. The summed E-state index contributed by atoms with van der Waals surface area (Å²) in [5, 5.41) is 3.42. The molecule has 1 aliphatic heterocycles. The smallest absolute Gasteiger partial charge is 0.142 e. The first-order chi connectivity index (χ1) is 6.86. The molecule has 2 rings (SSSR count). The second-order valence-electron chi connectivity index (χ2n) is 3.75. The highest BCUT2D eigenvalue weighted by atomic mass is 16.5. The average Bonchev–Trinajstić information content (AvgIpc) is 2.27. The molecule has 1 aromatic carbocycles. The molecule has 0 aromatic heterocycles. The lowest BCUT2D eigenvalue weighted by Gasteiger charge is -2.27. The molecule has 0 saturated carbocycles. The number of fused-ring (bicyclic) bond motifs is 1. The molecule has 1 aromatic rings. The van der Waals surface area contributed by atoms with Crippen LogP contribution in [0.4, 0.5) is 5.69 Å². The average molecular weight is 191 g/mol. The fourth-order valence-electron chi connectivity index (χ4n) is 2.20. The Morgan fingerprint density at radius 2 is 2.36 bits per heavy atom. The van der Waals surface area contributed by atoms with Crippen LogP contribution in [0.5, 0.6) is 5.75 Å². The summed E-state index contributed by atoms with van der Waals surface area (Å²) in [6, 6.07) is 6.30. The van der Waals surface area contributed by atoms with Gasteiger partial charge >= 0.3 is 0 Å². The lowest BCUT2D eigenvalue weighted by atomic mass is 9.89. The summed E-state index contributed by atoms with van der Waals surface area (Å²) in [5.41, 5.74) is 2.62. The summed E-state index contributed by atoms with van der Waals surface area (Å²) in [6.45, 7) is 3.31. The quantitative estimate of drug-likeness (QED) is 0.776. The van der Waals surface area contributed by atoms with Gasteiger partial charge in [0.25, 0.3) is 0 Å². The number of nitrogens with one attached hydrogen (secondary N) is 1. The van der Waals surface area contributed by atoms with Gasteiger partial charge < -0.3 is 10.1 Å². The summed E-state index contributed by atoms with van der Waals surface area (Å²) in [7, 11) is 1.73. The summed E-state index contributed by atoms with van der Waals surface area (Å²) in [4.78, 5) is 0. The third-order valence-electron chi connectivity index (χ3n) is 3.01. The molecule has 1 aliphatic rings. The van der Waals surface area contributed by atoms with Crippen LogP contribution in [0.3, 0.4) is 0 Å². The van der Waals surface area contributed by atoms with Gasteiger partial charge in [-0.15, -0.1) is 0 Å². The first kappa shape index (κ1) is 9.38. The zero-order chi connectivity index (χ0) is 9.97. The van der Waals surface area contributed by atoms with E-state index in [1.54, 1.807) is 7.11 Å². The first-order valence-corrected chi connectivity index (χ1v) is 5.27. The second-order valence-corrected chi connectivity index (χ2v) is 3.75. The van der Waals surface area contributed by atoms with Gasteiger partial charge in [-0.2, -0.15) is 0 Å². The van der Waals surface area contributed by atoms with Crippen LogP contribution in [0.2, 0.25) is 0 Å². The van der Waals surface area contributed by atoms with Crippen LogP contribution >= 0.6 is 0 Å². The molecule has 0 fully saturated rings. The number of para-hydroxylation sites is 1. The van der Waals surface area contributed by atoms with Crippen molar-refractivity contribution in [2.45, 2.75) is 25.7 Å². The van der Waals surface area contributed by atoms with Crippen LogP contribution in [0.25, 0.3) is 0 Å². The Balaban J connectivity index is 2.43. The largest absolute Gasteiger partial charge is 0.495 e. The van der Waals surface area contributed by atoms with Crippen LogP contribution in [-0.2, 0) is 0 Å². The predicted octanol–water partition coefficient (Wildman–Crippen LogP) is 3.00.